The van der Waals surface area contributed by atoms with Crippen molar-refractivity contribution < 1.29 is 47.7 Å². The van der Waals surface area contributed by atoms with E-state index in [9.17, 15) is 29.3 Å². The number of carbonyl (C=O) groups excluding carboxylic acids is 2. The van der Waals surface area contributed by atoms with Crippen molar-refractivity contribution >= 4 is 19.5 Å². The molecule has 51 heavy (non-hydrogen) atoms. The maximum absolute atomic E-state index is 13.1. The molecule has 0 saturated heterocycles. The second-order valence-corrected chi connectivity index (χ2v) is 17.4. The summed E-state index contributed by atoms with van der Waals surface area (Å²) < 4.78 is 29.4. The highest BCUT2D eigenvalue weighted by Crippen LogP contribution is 2.46. The third-order valence-electron chi connectivity index (χ3n) is 10.1. The van der Waals surface area contributed by atoms with E-state index in [0.717, 1.165) is 38.5 Å². The number of esters is 2. The van der Waals surface area contributed by atoms with Gasteiger partial charge in [-0.15, -0.1) is 0 Å². The van der Waals surface area contributed by atoms with E-state index in [-0.39, 0.29) is 36.9 Å². The molecule has 304 valence electrons. The van der Waals surface area contributed by atoms with Gasteiger partial charge in [0.2, 0.25) is 0 Å². The van der Waals surface area contributed by atoms with Gasteiger partial charge < -0.3 is 38.2 Å². The molecule has 2 unspecified atom stereocenters. The molecule has 0 aromatic rings. The van der Waals surface area contributed by atoms with E-state index in [0.29, 0.717) is 6.42 Å². The Bertz CT molecular complexity index is 886. The first kappa shape index (κ1) is 50.0. The number of aliphatic hydroxyl groups is 2. The van der Waals surface area contributed by atoms with Crippen molar-refractivity contribution in [2.24, 2.45) is 0 Å². The van der Waals surface area contributed by atoms with Gasteiger partial charge >= 0.3 is 11.9 Å². The molecular weight excluding hydrogens is 669 g/mol. The Morgan fingerprint density at radius 2 is 1.00 bits per heavy atom. The number of hydrogen-bond donors (Lipinski definition) is 2. The lowest BCUT2D eigenvalue weighted by Crippen LogP contribution is -2.50. The van der Waals surface area contributed by atoms with Crippen molar-refractivity contribution in [3.05, 3.63) is 0 Å². The lowest BCUT2D eigenvalue weighted by molar-refractivity contribution is -0.902. The molecule has 10 nitrogen and oxygen atoms in total. The lowest BCUT2D eigenvalue weighted by Gasteiger charge is -2.42. The smallest absolute Gasteiger partial charge is 0.306 e. The van der Waals surface area contributed by atoms with Gasteiger partial charge in [-0.2, -0.15) is 0 Å². The second-order valence-electron chi connectivity index (χ2n) is 15.3. The molecule has 0 aliphatic heterocycles. The first-order chi connectivity index (χ1) is 24.4. The van der Waals surface area contributed by atoms with Crippen LogP contribution in [0, 0.1) is 0 Å². The van der Waals surface area contributed by atoms with Gasteiger partial charge in [0.1, 0.15) is 12.4 Å². The molecule has 0 fully saturated rings. The maximum Gasteiger partial charge on any atom is 0.306 e. The third-order valence-corrected chi connectivity index (χ3v) is 12.1. The number of unbranched alkanes of at least 4 members (excludes halogenated alkanes) is 22. The molecule has 0 aliphatic carbocycles. The SMILES string of the molecule is CCCCCCCCCCCCCCCCCC(=O)OC[C@H](COP(=O)([O-])C(C)[N+](C)(C)CCC(O)O)OC(=O)CCCCCCCCCCC. The Morgan fingerprint density at radius 3 is 1.39 bits per heavy atom. The van der Waals surface area contributed by atoms with E-state index < -0.39 is 44.3 Å². The Kier molecular flexibility index (Phi) is 31.8. The zero-order valence-electron chi connectivity index (χ0n) is 33.6. The topological polar surface area (TPSA) is 142 Å². The first-order valence-corrected chi connectivity index (χ1v) is 22.5. The van der Waals surface area contributed by atoms with Gasteiger partial charge in [-0.3, -0.25) is 9.59 Å². The van der Waals surface area contributed by atoms with Gasteiger partial charge in [-0.25, -0.2) is 0 Å². The molecule has 0 bridgehead atoms. The molecule has 0 radical (unpaired) electrons. The molecule has 0 aromatic carbocycles. The summed E-state index contributed by atoms with van der Waals surface area (Å²) in [6.45, 7) is 5.43. The highest BCUT2D eigenvalue weighted by Gasteiger charge is 2.35. The van der Waals surface area contributed by atoms with Crippen LogP contribution in [0.25, 0.3) is 0 Å². The fourth-order valence-corrected chi connectivity index (χ4v) is 7.62. The summed E-state index contributed by atoms with van der Waals surface area (Å²) in [5.41, 5.74) is 0. The summed E-state index contributed by atoms with van der Waals surface area (Å²) in [5.74, 6) is -1.86. The summed E-state index contributed by atoms with van der Waals surface area (Å²) in [5, 5.41) is 18.5. The molecule has 2 N–H and O–H groups in total. The number of ether oxygens (including phenoxy) is 2. The standard InChI is InChI=1S/C40H80NO9P/c1-6-8-10-12-14-16-17-18-19-20-21-23-24-26-28-30-39(44)48-34-37(50-40(45)31-29-27-25-22-15-13-11-9-7-2)35-49-51(46,47)36(3)41(4,5)33-32-38(42)43/h36-38,42-43H,6-35H2,1-5H3/t36?,37-/m1/s1. The molecule has 3 atom stereocenters. The van der Waals surface area contributed by atoms with Gasteiger partial charge in [0, 0.05) is 19.3 Å². The van der Waals surface area contributed by atoms with Crippen LogP contribution in [0.4, 0.5) is 0 Å². The summed E-state index contributed by atoms with van der Waals surface area (Å²) in [4.78, 5) is 38.3. The summed E-state index contributed by atoms with van der Waals surface area (Å²) in [6.07, 6.45) is 26.5. The van der Waals surface area contributed by atoms with E-state index in [4.69, 9.17) is 14.0 Å². The fourth-order valence-electron chi connectivity index (χ4n) is 6.15. The van der Waals surface area contributed by atoms with Gasteiger partial charge in [-0.05, 0) is 19.8 Å². The molecule has 0 heterocycles. The van der Waals surface area contributed by atoms with Crippen LogP contribution >= 0.6 is 7.60 Å². The molecule has 0 amide bonds. The number of carbonyl (C=O) groups is 2. The Hall–Kier alpha value is -1.03. The summed E-state index contributed by atoms with van der Waals surface area (Å²) >= 11 is 0. The predicted octanol–water partition coefficient (Wildman–Crippen LogP) is 9.32. The van der Waals surface area contributed by atoms with Crippen LogP contribution in [-0.4, -0.2) is 78.7 Å². The maximum atomic E-state index is 13.1. The monoisotopic (exact) mass is 750 g/mol. The largest absolute Gasteiger partial charge is 0.774 e. The molecule has 0 saturated carbocycles. The highest BCUT2D eigenvalue weighted by molar-refractivity contribution is 7.51. The molecular formula is C40H80NO9P. The van der Waals surface area contributed by atoms with Crippen LogP contribution in [0.15, 0.2) is 0 Å². The molecule has 0 spiro atoms. The molecule has 0 rings (SSSR count). The average Bonchev–Trinajstić information content (AvgIpc) is 3.09. The third kappa shape index (κ3) is 30.0. The number of hydrogen-bond acceptors (Lipinski definition) is 9. The predicted molar refractivity (Wildman–Crippen MR) is 205 cm³/mol. The van der Waals surface area contributed by atoms with Gasteiger partial charge in [0.25, 0.3) is 0 Å². The minimum absolute atomic E-state index is 0.00570. The number of quaternary nitrogens is 1. The zero-order chi connectivity index (χ0) is 38.2. The highest BCUT2D eigenvalue weighted by atomic mass is 31.2. The molecule has 0 aromatic heterocycles. The number of aliphatic hydroxyl groups excluding tert-OH is 1. The van der Waals surface area contributed by atoms with Gasteiger partial charge in [0.05, 0.1) is 27.2 Å². The van der Waals surface area contributed by atoms with E-state index in [1.807, 2.05) is 0 Å². The zero-order valence-corrected chi connectivity index (χ0v) is 34.5. The van der Waals surface area contributed by atoms with Crippen LogP contribution in [0.1, 0.15) is 194 Å². The van der Waals surface area contributed by atoms with Crippen LogP contribution < -0.4 is 4.89 Å². The van der Waals surface area contributed by atoms with Crippen molar-refractivity contribution in [1.82, 2.24) is 0 Å². The van der Waals surface area contributed by atoms with Gasteiger partial charge in [-0.1, -0.05) is 155 Å². The summed E-state index contributed by atoms with van der Waals surface area (Å²) in [6, 6.07) is 0. The Labute approximate surface area is 312 Å². The second kappa shape index (κ2) is 32.4. The quantitative estimate of drug-likeness (QED) is 0.0209. The van der Waals surface area contributed by atoms with E-state index >= 15 is 0 Å². The Balaban J connectivity index is 4.61. The van der Waals surface area contributed by atoms with E-state index in [1.54, 1.807) is 14.1 Å². The van der Waals surface area contributed by atoms with Crippen LogP contribution in [0.3, 0.4) is 0 Å². The van der Waals surface area contributed by atoms with Crippen LogP contribution in [-0.2, 0) is 28.2 Å². The van der Waals surface area contributed by atoms with Crippen molar-refractivity contribution in [3.8, 4) is 0 Å². The Morgan fingerprint density at radius 1 is 0.627 bits per heavy atom. The summed E-state index contributed by atoms with van der Waals surface area (Å²) in [7, 11) is -1.13. The van der Waals surface area contributed by atoms with E-state index in [2.05, 4.69) is 13.8 Å². The number of rotatable bonds is 37. The van der Waals surface area contributed by atoms with Gasteiger partial charge in [0.15, 0.2) is 20.0 Å². The minimum atomic E-state index is -4.47. The first-order valence-electron chi connectivity index (χ1n) is 20.8. The normalized spacial score (nSPS) is 14.4. The number of nitrogens with zero attached hydrogens (tertiary/aromatic N) is 1. The van der Waals surface area contributed by atoms with Crippen molar-refractivity contribution in [2.45, 2.75) is 212 Å². The van der Waals surface area contributed by atoms with Crippen molar-refractivity contribution in [2.75, 3.05) is 33.9 Å². The van der Waals surface area contributed by atoms with Crippen molar-refractivity contribution in [3.63, 3.8) is 0 Å². The average molecular weight is 750 g/mol. The van der Waals surface area contributed by atoms with Crippen LogP contribution in [0.2, 0.25) is 0 Å². The van der Waals surface area contributed by atoms with Crippen LogP contribution in [0.5, 0.6) is 0 Å². The lowest BCUT2D eigenvalue weighted by atomic mass is 10.0. The molecule has 11 heteroatoms. The fraction of sp³-hybridized carbons (Fsp3) is 0.950. The van der Waals surface area contributed by atoms with E-state index in [1.165, 1.54) is 116 Å². The molecule has 0 aliphatic rings. The van der Waals surface area contributed by atoms with Crippen molar-refractivity contribution in [1.29, 1.82) is 0 Å². The minimum Gasteiger partial charge on any atom is -0.774 e.